The molecule has 1 aliphatic heterocycles. The van der Waals surface area contributed by atoms with E-state index in [1.807, 2.05) is 32.9 Å². The van der Waals surface area contributed by atoms with Gasteiger partial charge in [0, 0.05) is 16.3 Å². The van der Waals surface area contributed by atoms with Crippen LogP contribution in [0.25, 0.3) is 0 Å². The maximum Gasteiger partial charge on any atom is 0.412 e. The summed E-state index contributed by atoms with van der Waals surface area (Å²) in [6.07, 6.45) is 1.37. The summed E-state index contributed by atoms with van der Waals surface area (Å²) in [7, 11) is -0.896. The van der Waals surface area contributed by atoms with E-state index < -0.39 is 22.5 Å². The lowest BCUT2D eigenvalue weighted by Crippen LogP contribution is -2.27. The minimum atomic E-state index is -0.896. The van der Waals surface area contributed by atoms with Crippen molar-refractivity contribution >= 4 is 22.6 Å². The van der Waals surface area contributed by atoms with Crippen LogP contribution in [-0.4, -0.2) is 21.7 Å². The van der Waals surface area contributed by atoms with Crippen molar-refractivity contribution in [3.63, 3.8) is 0 Å². The molecule has 0 spiro atoms. The van der Waals surface area contributed by atoms with Gasteiger partial charge in [-0.15, -0.1) is 0 Å². The smallest absolute Gasteiger partial charge is 0.412 e. The zero-order chi connectivity index (χ0) is 14.0. The molecule has 104 valence electrons. The van der Waals surface area contributed by atoms with Gasteiger partial charge in [-0.1, -0.05) is 0 Å². The van der Waals surface area contributed by atoms with Gasteiger partial charge in [0.1, 0.15) is 5.60 Å². The van der Waals surface area contributed by atoms with Gasteiger partial charge in [0.05, 0.1) is 10.8 Å². The molecule has 1 atom stereocenters. The van der Waals surface area contributed by atoms with E-state index in [1.165, 1.54) is 0 Å². The average molecular weight is 281 g/mol. The Bertz CT molecular complexity index is 520. The van der Waals surface area contributed by atoms with Gasteiger partial charge in [0.15, 0.2) is 0 Å². The molecule has 0 aliphatic carbocycles. The molecule has 5 heteroatoms. The molecular formula is C14H19NO3S. The number of rotatable bonds is 1. The highest BCUT2D eigenvalue weighted by molar-refractivity contribution is 7.85. The Hall–Kier alpha value is -1.36. The second-order valence-electron chi connectivity index (χ2n) is 5.60. The van der Waals surface area contributed by atoms with Crippen LogP contribution in [0.1, 0.15) is 32.8 Å². The second-order valence-corrected chi connectivity index (χ2v) is 7.14. The van der Waals surface area contributed by atoms with Crippen molar-refractivity contribution < 1.29 is 13.7 Å². The van der Waals surface area contributed by atoms with Gasteiger partial charge >= 0.3 is 6.09 Å². The molecule has 1 unspecified atom stereocenters. The molecule has 19 heavy (non-hydrogen) atoms. The molecule has 1 aliphatic rings. The minimum absolute atomic E-state index is 0.468. The Balaban J connectivity index is 2.10. The van der Waals surface area contributed by atoms with Gasteiger partial charge in [-0.25, -0.2) is 4.79 Å². The number of amides is 1. The van der Waals surface area contributed by atoms with E-state index >= 15 is 0 Å². The lowest BCUT2D eigenvalue weighted by Gasteiger charge is -2.20. The summed E-state index contributed by atoms with van der Waals surface area (Å²) in [6.45, 7) is 5.47. The van der Waals surface area contributed by atoms with Crippen molar-refractivity contribution in [2.45, 2.75) is 44.1 Å². The molecule has 0 saturated heterocycles. The monoisotopic (exact) mass is 281 g/mol. The van der Waals surface area contributed by atoms with Gasteiger partial charge in [-0.05, 0) is 57.4 Å². The number of benzene rings is 1. The van der Waals surface area contributed by atoms with Crippen LogP contribution in [0.4, 0.5) is 10.5 Å². The Morgan fingerprint density at radius 1 is 1.37 bits per heavy atom. The van der Waals surface area contributed by atoms with Gasteiger partial charge in [-0.2, -0.15) is 0 Å². The molecule has 0 saturated carbocycles. The fraction of sp³-hybridized carbons (Fsp3) is 0.500. The highest BCUT2D eigenvalue weighted by Gasteiger charge is 2.18. The summed E-state index contributed by atoms with van der Waals surface area (Å²) in [4.78, 5) is 12.6. The van der Waals surface area contributed by atoms with Gasteiger partial charge in [0.2, 0.25) is 0 Å². The van der Waals surface area contributed by atoms with Crippen molar-refractivity contribution in [1.82, 2.24) is 0 Å². The van der Waals surface area contributed by atoms with Crippen LogP contribution in [-0.2, 0) is 22.0 Å². The normalized spacial score (nSPS) is 18.6. The molecule has 0 aromatic heterocycles. The van der Waals surface area contributed by atoms with E-state index in [1.54, 1.807) is 6.07 Å². The van der Waals surface area contributed by atoms with Crippen LogP contribution < -0.4 is 5.32 Å². The first-order valence-electron chi connectivity index (χ1n) is 6.36. The summed E-state index contributed by atoms with van der Waals surface area (Å²) in [5.41, 5.74) is 1.23. The molecule has 1 N–H and O–H groups in total. The third-order valence-electron chi connectivity index (χ3n) is 2.73. The fourth-order valence-electron chi connectivity index (χ4n) is 2.00. The van der Waals surface area contributed by atoms with Gasteiger partial charge in [-0.3, -0.25) is 9.53 Å². The molecule has 0 fully saturated rings. The van der Waals surface area contributed by atoms with Crippen molar-refractivity contribution in [1.29, 1.82) is 0 Å². The molecule has 0 bridgehead atoms. The van der Waals surface area contributed by atoms with Crippen LogP contribution in [0.5, 0.6) is 0 Å². The third-order valence-corrected chi connectivity index (χ3v) is 4.28. The number of carbonyl (C=O) groups is 1. The van der Waals surface area contributed by atoms with Crippen molar-refractivity contribution in [2.24, 2.45) is 0 Å². The Labute approximate surface area is 116 Å². The highest BCUT2D eigenvalue weighted by atomic mass is 32.2. The maximum atomic E-state index is 11.8. The van der Waals surface area contributed by atoms with Crippen LogP contribution >= 0.6 is 0 Å². The zero-order valence-corrected chi connectivity index (χ0v) is 12.3. The summed E-state index contributed by atoms with van der Waals surface area (Å²) in [5.74, 6) is 0.728. The van der Waals surface area contributed by atoms with E-state index in [0.717, 1.165) is 29.1 Å². The predicted molar refractivity (Wildman–Crippen MR) is 75.9 cm³/mol. The zero-order valence-electron chi connectivity index (χ0n) is 11.5. The van der Waals surface area contributed by atoms with Crippen molar-refractivity contribution in [3.8, 4) is 0 Å². The average Bonchev–Trinajstić information content (AvgIpc) is 2.26. The van der Waals surface area contributed by atoms with Crippen LogP contribution in [0.2, 0.25) is 0 Å². The van der Waals surface area contributed by atoms with Gasteiger partial charge in [0.25, 0.3) is 0 Å². The van der Waals surface area contributed by atoms with E-state index in [9.17, 15) is 9.00 Å². The lowest BCUT2D eigenvalue weighted by molar-refractivity contribution is 0.0636. The van der Waals surface area contributed by atoms with Crippen molar-refractivity contribution in [3.05, 3.63) is 23.8 Å². The number of ether oxygens (including phenoxy) is 1. The maximum absolute atomic E-state index is 11.8. The van der Waals surface area contributed by atoms with Crippen molar-refractivity contribution in [2.75, 3.05) is 11.1 Å². The SMILES string of the molecule is CC(C)(C)OC(=O)Nc1ccc2c(c1)CCCS2=O. The molecule has 1 heterocycles. The highest BCUT2D eigenvalue weighted by Crippen LogP contribution is 2.25. The first kappa shape index (κ1) is 14.1. The number of aryl methyl sites for hydroxylation is 1. The number of fused-ring (bicyclic) bond motifs is 1. The van der Waals surface area contributed by atoms with E-state index in [0.29, 0.717) is 5.69 Å². The molecule has 0 radical (unpaired) electrons. The number of anilines is 1. The topological polar surface area (TPSA) is 55.4 Å². The lowest BCUT2D eigenvalue weighted by atomic mass is 10.1. The quantitative estimate of drug-likeness (QED) is 0.860. The first-order valence-corrected chi connectivity index (χ1v) is 7.68. The number of hydrogen-bond donors (Lipinski definition) is 1. The third kappa shape index (κ3) is 3.80. The fourth-order valence-corrected chi connectivity index (χ4v) is 3.30. The largest absolute Gasteiger partial charge is 0.444 e. The standard InChI is InChI=1S/C14H19NO3S/c1-14(2,3)18-13(16)15-11-6-7-12-10(9-11)5-4-8-19(12)17/h6-7,9H,4-5,8H2,1-3H3,(H,15,16). The molecule has 1 aromatic carbocycles. The van der Waals surface area contributed by atoms with Crippen LogP contribution in [0.15, 0.2) is 23.1 Å². The predicted octanol–water partition coefficient (Wildman–Crippen LogP) is 3.09. The van der Waals surface area contributed by atoms with Gasteiger partial charge < -0.3 is 4.74 Å². The van der Waals surface area contributed by atoms with Crippen LogP contribution in [0.3, 0.4) is 0 Å². The number of nitrogens with one attached hydrogen (secondary N) is 1. The Morgan fingerprint density at radius 2 is 2.11 bits per heavy atom. The molecule has 4 nitrogen and oxygen atoms in total. The second kappa shape index (κ2) is 5.33. The Morgan fingerprint density at radius 3 is 2.79 bits per heavy atom. The molecule has 1 amide bonds. The Kier molecular flexibility index (Phi) is 3.94. The summed E-state index contributed by atoms with van der Waals surface area (Å²) in [5, 5.41) is 2.70. The van der Waals surface area contributed by atoms with E-state index in [-0.39, 0.29) is 0 Å². The van der Waals surface area contributed by atoms with E-state index in [2.05, 4.69) is 5.32 Å². The number of carbonyl (C=O) groups excluding carboxylic acids is 1. The molecule has 1 aromatic rings. The summed E-state index contributed by atoms with van der Waals surface area (Å²) in [6, 6.07) is 5.49. The number of hydrogen-bond acceptors (Lipinski definition) is 3. The molecule has 2 rings (SSSR count). The summed E-state index contributed by atoms with van der Waals surface area (Å²) >= 11 is 0. The first-order chi connectivity index (χ1) is 8.85. The molecular weight excluding hydrogens is 262 g/mol. The van der Waals surface area contributed by atoms with Crippen LogP contribution in [0, 0.1) is 0 Å². The minimum Gasteiger partial charge on any atom is -0.444 e. The summed E-state index contributed by atoms with van der Waals surface area (Å²) < 4.78 is 17.0. The van der Waals surface area contributed by atoms with E-state index in [4.69, 9.17) is 4.74 Å².